The zero-order valence-corrected chi connectivity index (χ0v) is 27.1. The average Bonchev–Trinajstić information content (AvgIpc) is 2.83. The predicted octanol–water partition coefficient (Wildman–Crippen LogP) is 8.00. The molecule has 0 aliphatic rings. The van der Waals surface area contributed by atoms with E-state index in [0.717, 1.165) is 83.5 Å². The van der Waals surface area contributed by atoms with Crippen molar-refractivity contribution in [3.63, 3.8) is 0 Å². The third-order valence-corrected chi connectivity index (χ3v) is 8.14. The molecule has 0 saturated carbocycles. The molecule has 0 aliphatic heterocycles. The van der Waals surface area contributed by atoms with Gasteiger partial charge in [-0.1, -0.05) is 104 Å². The number of rotatable bonds is 24. The highest BCUT2D eigenvalue weighted by molar-refractivity contribution is 7.81. The lowest BCUT2D eigenvalue weighted by molar-refractivity contribution is -0.136. The van der Waals surface area contributed by atoms with E-state index in [0.29, 0.717) is 13.0 Å². The van der Waals surface area contributed by atoms with Crippen molar-refractivity contribution in [2.45, 2.75) is 161 Å². The van der Waals surface area contributed by atoms with Crippen molar-refractivity contribution >= 4 is 32.2 Å². The molecule has 0 aromatic rings. The molecular formula is C31H60BNO4S. The van der Waals surface area contributed by atoms with Crippen molar-refractivity contribution in [3.8, 4) is 0 Å². The molecule has 0 aromatic carbocycles. The van der Waals surface area contributed by atoms with E-state index in [9.17, 15) is 9.59 Å². The lowest BCUT2D eigenvalue weighted by atomic mass is 9.60. The molecule has 0 aliphatic carbocycles. The average molecular weight is 554 g/mol. The Morgan fingerprint density at radius 1 is 0.737 bits per heavy atom. The van der Waals surface area contributed by atoms with Gasteiger partial charge in [-0.15, -0.1) is 12.6 Å². The number of amides is 1. The molecule has 0 fully saturated rings. The molecule has 7 heteroatoms. The van der Waals surface area contributed by atoms with Crippen LogP contribution in [0.2, 0.25) is 5.31 Å². The fourth-order valence-corrected chi connectivity index (χ4v) is 5.12. The summed E-state index contributed by atoms with van der Waals surface area (Å²) in [5.74, 6) is -0.130. The summed E-state index contributed by atoms with van der Waals surface area (Å²) in [4.78, 5) is 24.7. The number of thiol groups is 1. The Labute approximate surface area is 242 Å². The largest absolute Gasteiger partial charge is 0.365 e. The highest BCUT2D eigenvalue weighted by Crippen LogP contribution is 2.42. The molecule has 1 N–H and O–H groups in total. The normalized spacial score (nSPS) is 15.6. The molecule has 0 bridgehead atoms. The van der Waals surface area contributed by atoms with E-state index >= 15 is 0 Å². The standard InChI is InChI=1S/C31H60BNO4S/c1-9-13-17-29(7,16-12-4)26(34)24-36-25-27(35)33-28(5,6)22-23-37-30(8,38)20-21-31(32,18-14-10-2)19-15-11-3/h38H,9-25H2,1-8H3,(H,33,35). The zero-order valence-electron chi connectivity index (χ0n) is 26.2. The summed E-state index contributed by atoms with van der Waals surface area (Å²) in [6, 6.07) is 0. The molecule has 0 aromatic heterocycles. The van der Waals surface area contributed by atoms with Gasteiger partial charge in [0.2, 0.25) is 5.91 Å². The number of unbranched alkanes of at least 4 members (excludes halogenated alkanes) is 3. The second-order valence-corrected chi connectivity index (χ2v) is 13.6. The van der Waals surface area contributed by atoms with E-state index in [1.807, 2.05) is 27.7 Å². The molecule has 5 nitrogen and oxygen atoms in total. The van der Waals surface area contributed by atoms with Crippen LogP contribution >= 0.6 is 12.6 Å². The number of Topliss-reactive ketones (excluding diaryl/α,β-unsaturated/α-hetero) is 1. The van der Waals surface area contributed by atoms with Gasteiger partial charge in [0, 0.05) is 11.0 Å². The summed E-state index contributed by atoms with van der Waals surface area (Å²) in [5, 5.41) is 2.86. The number of hydrogen-bond donors (Lipinski definition) is 2. The Hall–Kier alpha value is -0.525. The molecule has 2 radical (unpaired) electrons. The predicted molar refractivity (Wildman–Crippen MR) is 165 cm³/mol. The molecule has 222 valence electrons. The second kappa shape index (κ2) is 18.8. The molecule has 2 atom stereocenters. The van der Waals surface area contributed by atoms with Crippen LogP contribution in [0.25, 0.3) is 0 Å². The zero-order chi connectivity index (χ0) is 29.3. The summed E-state index contributed by atoms with van der Waals surface area (Å²) in [6.07, 6.45) is 13.7. The van der Waals surface area contributed by atoms with E-state index in [2.05, 4.69) is 33.0 Å². The third kappa shape index (κ3) is 16.5. The van der Waals surface area contributed by atoms with Gasteiger partial charge in [0.05, 0.1) is 14.5 Å². The van der Waals surface area contributed by atoms with Gasteiger partial charge in [-0.2, -0.15) is 0 Å². The Morgan fingerprint density at radius 2 is 1.29 bits per heavy atom. The van der Waals surface area contributed by atoms with Gasteiger partial charge in [-0.25, -0.2) is 0 Å². The van der Waals surface area contributed by atoms with Crippen LogP contribution in [-0.4, -0.2) is 49.8 Å². The van der Waals surface area contributed by atoms with Crippen LogP contribution in [0.4, 0.5) is 0 Å². The van der Waals surface area contributed by atoms with Crippen molar-refractivity contribution < 1.29 is 19.1 Å². The number of carbonyl (C=O) groups is 2. The van der Waals surface area contributed by atoms with E-state index in [1.54, 1.807) is 0 Å². The topological polar surface area (TPSA) is 64.6 Å². The number of ether oxygens (including phenoxy) is 2. The first kappa shape index (κ1) is 37.5. The maximum Gasteiger partial charge on any atom is 0.246 e. The number of ketones is 1. The number of carbonyl (C=O) groups excluding carboxylic acids is 2. The smallest absolute Gasteiger partial charge is 0.246 e. The molecular weight excluding hydrogens is 493 g/mol. The molecule has 2 unspecified atom stereocenters. The Morgan fingerprint density at radius 3 is 1.82 bits per heavy atom. The van der Waals surface area contributed by atoms with E-state index in [4.69, 9.17) is 29.9 Å². The van der Waals surface area contributed by atoms with Crippen LogP contribution in [0.15, 0.2) is 0 Å². The highest BCUT2D eigenvalue weighted by atomic mass is 32.1. The number of hydrogen-bond acceptors (Lipinski definition) is 5. The molecule has 38 heavy (non-hydrogen) atoms. The van der Waals surface area contributed by atoms with Gasteiger partial charge in [0.1, 0.15) is 18.1 Å². The molecule has 0 saturated heterocycles. The van der Waals surface area contributed by atoms with Crippen LogP contribution < -0.4 is 5.32 Å². The first-order chi connectivity index (χ1) is 17.7. The van der Waals surface area contributed by atoms with Crippen molar-refractivity contribution in [3.05, 3.63) is 0 Å². The summed E-state index contributed by atoms with van der Waals surface area (Å²) >= 11 is 4.79. The first-order valence-electron chi connectivity index (χ1n) is 15.3. The SMILES string of the molecule is [B]C(CCCC)(CCCC)CCC(C)(S)OCCC(C)(C)NC(=O)COCC(=O)C(C)(CCC)CCCC. The summed E-state index contributed by atoms with van der Waals surface area (Å²) in [5.41, 5.74) is -0.834. The minimum atomic E-state index is -0.574. The Balaban J connectivity index is 4.58. The fourth-order valence-electron chi connectivity index (χ4n) is 4.92. The minimum Gasteiger partial charge on any atom is -0.365 e. The van der Waals surface area contributed by atoms with Gasteiger partial charge in [-0.3, -0.25) is 9.59 Å². The molecule has 0 rings (SSSR count). The molecule has 1 amide bonds. The van der Waals surface area contributed by atoms with Gasteiger partial charge in [0.25, 0.3) is 0 Å². The van der Waals surface area contributed by atoms with Crippen LogP contribution in [-0.2, 0) is 19.1 Å². The van der Waals surface area contributed by atoms with Crippen molar-refractivity contribution in [2.24, 2.45) is 5.41 Å². The van der Waals surface area contributed by atoms with Crippen LogP contribution in [0.1, 0.15) is 145 Å². The lowest BCUT2D eigenvalue weighted by Crippen LogP contribution is -2.46. The van der Waals surface area contributed by atoms with Crippen molar-refractivity contribution in [1.29, 1.82) is 0 Å². The van der Waals surface area contributed by atoms with Gasteiger partial charge in [-0.05, 0) is 46.5 Å². The van der Waals surface area contributed by atoms with Gasteiger partial charge < -0.3 is 14.8 Å². The van der Waals surface area contributed by atoms with E-state index < -0.39 is 10.5 Å². The van der Waals surface area contributed by atoms with Crippen molar-refractivity contribution in [1.82, 2.24) is 5.32 Å². The van der Waals surface area contributed by atoms with Crippen LogP contribution in [0, 0.1) is 5.41 Å². The lowest BCUT2D eigenvalue weighted by Gasteiger charge is -2.35. The second-order valence-electron chi connectivity index (χ2n) is 12.6. The van der Waals surface area contributed by atoms with E-state index in [-0.39, 0.29) is 35.6 Å². The monoisotopic (exact) mass is 553 g/mol. The maximum atomic E-state index is 12.8. The molecule has 0 heterocycles. The van der Waals surface area contributed by atoms with Gasteiger partial charge >= 0.3 is 0 Å². The number of nitrogens with one attached hydrogen (secondary N) is 1. The maximum absolute atomic E-state index is 12.8. The summed E-state index contributed by atoms with van der Waals surface area (Å²) in [6.45, 7) is 16.9. The first-order valence-corrected chi connectivity index (χ1v) is 15.7. The fraction of sp³-hybridized carbons (Fsp3) is 0.935. The highest BCUT2D eigenvalue weighted by Gasteiger charge is 2.32. The third-order valence-electron chi connectivity index (χ3n) is 7.78. The van der Waals surface area contributed by atoms with Crippen LogP contribution in [0.5, 0.6) is 0 Å². The summed E-state index contributed by atoms with van der Waals surface area (Å²) in [7, 11) is 6.78. The van der Waals surface area contributed by atoms with Crippen LogP contribution in [0.3, 0.4) is 0 Å². The minimum absolute atomic E-state index is 0.0195. The quantitative estimate of drug-likeness (QED) is 0.0722. The van der Waals surface area contributed by atoms with E-state index in [1.165, 1.54) is 0 Å². The summed E-state index contributed by atoms with van der Waals surface area (Å²) < 4.78 is 11.7. The Kier molecular flexibility index (Phi) is 18.5. The molecule has 0 spiro atoms. The van der Waals surface area contributed by atoms with Gasteiger partial charge in [0.15, 0.2) is 5.78 Å². The van der Waals surface area contributed by atoms with Crippen molar-refractivity contribution in [2.75, 3.05) is 19.8 Å². The Bertz CT molecular complexity index is 662.